The number of phenolic OH excluding ortho intramolecular Hbond substituents is 1. The molecule has 1 aromatic carbocycles. The van der Waals surface area contributed by atoms with E-state index in [2.05, 4.69) is 5.32 Å². The predicted octanol–water partition coefficient (Wildman–Crippen LogP) is 1.96. The molecule has 1 aliphatic rings. The minimum atomic E-state index is -0.372. The number of nitrogens with one attached hydrogen (secondary N) is 1. The zero-order valence-corrected chi connectivity index (χ0v) is 7.26. The van der Waals surface area contributed by atoms with Crippen molar-refractivity contribution < 1.29 is 9.50 Å². The molecule has 13 heavy (non-hydrogen) atoms. The molecule has 2 nitrogen and oxygen atoms in total. The maximum atomic E-state index is 12.9. The second-order valence-corrected chi connectivity index (χ2v) is 3.39. The highest BCUT2D eigenvalue weighted by molar-refractivity contribution is 5.30. The number of halogens is 1. The lowest BCUT2D eigenvalue weighted by molar-refractivity contribution is 0.466. The van der Waals surface area contributed by atoms with Gasteiger partial charge in [0.2, 0.25) is 0 Å². The molecule has 1 aliphatic heterocycles. The molecule has 3 heteroatoms. The van der Waals surface area contributed by atoms with Crippen LogP contribution in [0.4, 0.5) is 4.39 Å². The third-order valence-electron chi connectivity index (χ3n) is 2.37. The molecule has 70 valence electrons. The van der Waals surface area contributed by atoms with Crippen molar-refractivity contribution in [3.8, 4) is 5.75 Å². The molecule has 0 unspecified atom stereocenters. The number of benzene rings is 1. The van der Waals surface area contributed by atoms with E-state index in [1.165, 1.54) is 6.07 Å². The first-order valence-corrected chi connectivity index (χ1v) is 4.48. The van der Waals surface area contributed by atoms with Crippen molar-refractivity contribution in [3.05, 3.63) is 29.6 Å². The molecule has 0 radical (unpaired) electrons. The SMILES string of the molecule is Oc1cc(F)cc([C@@H]2CCCN2)c1. The van der Waals surface area contributed by atoms with Crippen LogP contribution in [0, 0.1) is 5.82 Å². The highest BCUT2D eigenvalue weighted by Crippen LogP contribution is 2.26. The summed E-state index contributed by atoms with van der Waals surface area (Å²) in [6.45, 7) is 0.974. The number of phenols is 1. The monoisotopic (exact) mass is 181 g/mol. The van der Waals surface area contributed by atoms with Crippen LogP contribution in [0.25, 0.3) is 0 Å². The predicted molar refractivity (Wildman–Crippen MR) is 48.0 cm³/mol. The van der Waals surface area contributed by atoms with E-state index in [1.807, 2.05) is 0 Å². The van der Waals surface area contributed by atoms with Crippen LogP contribution in [0.2, 0.25) is 0 Å². The molecule has 1 atom stereocenters. The van der Waals surface area contributed by atoms with Gasteiger partial charge >= 0.3 is 0 Å². The van der Waals surface area contributed by atoms with E-state index in [9.17, 15) is 9.50 Å². The summed E-state index contributed by atoms with van der Waals surface area (Å²) in [4.78, 5) is 0. The summed E-state index contributed by atoms with van der Waals surface area (Å²) in [5, 5.41) is 12.4. The Labute approximate surface area is 76.4 Å². The van der Waals surface area contributed by atoms with Crippen molar-refractivity contribution in [1.82, 2.24) is 5.32 Å². The molecule has 2 rings (SSSR count). The molecule has 0 aromatic heterocycles. The van der Waals surface area contributed by atoms with Crippen molar-refractivity contribution in [2.24, 2.45) is 0 Å². The number of hydrogen-bond acceptors (Lipinski definition) is 2. The summed E-state index contributed by atoms with van der Waals surface area (Å²) in [7, 11) is 0. The fraction of sp³-hybridized carbons (Fsp3) is 0.400. The van der Waals surface area contributed by atoms with Crippen molar-refractivity contribution >= 4 is 0 Å². The Morgan fingerprint density at radius 2 is 2.23 bits per heavy atom. The summed E-state index contributed by atoms with van der Waals surface area (Å²) in [6, 6.07) is 4.43. The summed E-state index contributed by atoms with van der Waals surface area (Å²) >= 11 is 0. The van der Waals surface area contributed by atoms with E-state index in [0.717, 1.165) is 31.0 Å². The summed E-state index contributed by atoms with van der Waals surface area (Å²) in [5.74, 6) is -0.368. The third kappa shape index (κ3) is 1.80. The summed E-state index contributed by atoms with van der Waals surface area (Å²) in [6.07, 6.45) is 2.13. The van der Waals surface area contributed by atoms with E-state index < -0.39 is 0 Å². The van der Waals surface area contributed by atoms with Gasteiger partial charge < -0.3 is 10.4 Å². The first-order valence-electron chi connectivity index (χ1n) is 4.48. The zero-order valence-electron chi connectivity index (χ0n) is 7.26. The molecule has 0 bridgehead atoms. The van der Waals surface area contributed by atoms with Gasteiger partial charge in [0, 0.05) is 12.1 Å². The van der Waals surface area contributed by atoms with E-state index >= 15 is 0 Å². The van der Waals surface area contributed by atoms with Crippen molar-refractivity contribution in [1.29, 1.82) is 0 Å². The highest BCUT2D eigenvalue weighted by atomic mass is 19.1. The van der Waals surface area contributed by atoms with Crippen molar-refractivity contribution in [2.75, 3.05) is 6.54 Å². The maximum Gasteiger partial charge on any atom is 0.127 e. The molecule has 2 N–H and O–H groups in total. The van der Waals surface area contributed by atoms with Crippen LogP contribution in [0.5, 0.6) is 5.75 Å². The van der Waals surface area contributed by atoms with Gasteiger partial charge in [-0.3, -0.25) is 0 Å². The normalized spacial score (nSPS) is 22.1. The molecule has 1 saturated heterocycles. The van der Waals surface area contributed by atoms with Gasteiger partial charge in [-0.15, -0.1) is 0 Å². The molecular weight excluding hydrogens is 169 g/mol. The second-order valence-electron chi connectivity index (χ2n) is 3.39. The number of hydrogen-bond donors (Lipinski definition) is 2. The Bertz CT molecular complexity index is 288. The Morgan fingerprint density at radius 3 is 2.85 bits per heavy atom. The minimum Gasteiger partial charge on any atom is -0.508 e. The van der Waals surface area contributed by atoms with Crippen LogP contribution in [0.3, 0.4) is 0 Å². The Kier molecular flexibility index (Phi) is 2.19. The summed E-state index contributed by atoms with van der Waals surface area (Å²) < 4.78 is 12.9. The second kappa shape index (κ2) is 3.34. The largest absolute Gasteiger partial charge is 0.508 e. The number of aromatic hydroxyl groups is 1. The van der Waals surface area contributed by atoms with E-state index in [-0.39, 0.29) is 17.6 Å². The van der Waals surface area contributed by atoms with Crippen LogP contribution in [0.15, 0.2) is 18.2 Å². The maximum absolute atomic E-state index is 12.9. The van der Waals surface area contributed by atoms with Crippen LogP contribution in [0.1, 0.15) is 24.4 Å². The average Bonchev–Trinajstić information content (AvgIpc) is 2.53. The number of rotatable bonds is 1. The zero-order chi connectivity index (χ0) is 9.26. The van der Waals surface area contributed by atoms with Gasteiger partial charge in [-0.25, -0.2) is 4.39 Å². The van der Waals surface area contributed by atoms with Crippen molar-refractivity contribution in [2.45, 2.75) is 18.9 Å². The van der Waals surface area contributed by atoms with Gasteiger partial charge in [-0.05, 0) is 37.1 Å². The van der Waals surface area contributed by atoms with Crippen LogP contribution in [-0.4, -0.2) is 11.7 Å². The fourth-order valence-corrected chi connectivity index (χ4v) is 1.77. The molecule has 1 heterocycles. The Balaban J connectivity index is 2.28. The third-order valence-corrected chi connectivity index (χ3v) is 2.37. The molecule has 1 aromatic rings. The molecule has 0 amide bonds. The van der Waals surface area contributed by atoms with E-state index in [1.54, 1.807) is 6.07 Å². The Hall–Kier alpha value is -1.09. The average molecular weight is 181 g/mol. The lowest BCUT2D eigenvalue weighted by Gasteiger charge is -2.10. The summed E-state index contributed by atoms with van der Waals surface area (Å²) in [5.41, 5.74) is 0.843. The van der Waals surface area contributed by atoms with Crippen LogP contribution < -0.4 is 5.32 Å². The van der Waals surface area contributed by atoms with Crippen molar-refractivity contribution in [3.63, 3.8) is 0 Å². The molecule has 0 aliphatic carbocycles. The van der Waals surface area contributed by atoms with Gasteiger partial charge in [-0.1, -0.05) is 0 Å². The van der Waals surface area contributed by atoms with Gasteiger partial charge in [-0.2, -0.15) is 0 Å². The van der Waals surface area contributed by atoms with E-state index in [0.29, 0.717) is 0 Å². The quantitative estimate of drug-likeness (QED) is 0.694. The Morgan fingerprint density at radius 1 is 1.38 bits per heavy atom. The van der Waals surface area contributed by atoms with E-state index in [4.69, 9.17) is 0 Å². The minimum absolute atomic E-state index is 0.00343. The highest BCUT2D eigenvalue weighted by Gasteiger charge is 2.16. The molecule has 0 saturated carbocycles. The first-order chi connectivity index (χ1) is 6.25. The standard InChI is InChI=1S/C10H12FNO/c11-8-4-7(5-9(13)6-8)10-2-1-3-12-10/h4-6,10,12-13H,1-3H2/t10-/m0/s1. The van der Waals surface area contributed by atoms with Gasteiger partial charge in [0.25, 0.3) is 0 Å². The lowest BCUT2D eigenvalue weighted by atomic mass is 10.1. The van der Waals surface area contributed by atoms with Gasteiger partial charge in [0.1, 0.15) is 11.6 Å². The topological polar surface area (TPSA) is 32.3 Å². The molecule has 0 spiro atoms. The van der Waals surface area contributed by atoms with Crippen LogP contribution in [-0.2, 0) is 0 Å². The fourth-order valence-electron chi connectivity index (χ4n) is 1.77. The molecular formula is C10H12FNO. The molecule has 1 fully saturated rings. The van der Waals surface area contributed by atoms with Crippen LogP contribution >= 0.6 is 0 Å². The smallest absolute Gasteiger partial charge is 0.127 e. The lowest BCUT2D eigenvalue weighted by Crippen LogP contribution is -2.12. The van der Waals surface area contributed by atoms with Gasteiger partial charge in [0.05, 0.1) is 0 Å². The first kappa shape index (κ1) is 8.51. The van der Waals surface area contributed by atoms with Gasteiger partial charge in [0.15, 0.2) is 0 Å².